The van der Waals surface area contributed by atoms with Crippen LogP contribution >= 0.6 is 0 Å². The van der Waals surface area contributed by atoms with Gasteiger partial charge in [-0.2, -0.15) is 0 Å². The minimum atomic E-state index is -3.69. The summed E-state index contributed by atoms with van der Waals surface area (Å²) < 4.78 is 26.9. The third kappa shape index (κ3) is 3.37. The summed E-state index contributed by atoms with van der Waals surface area (Å²) in [5.74, 6) is -0.977. The molecule has 5 nitrogen and oxygen atoms in total. The number of carbonyl (C=O) groups is 1. The van der Waals surface area contributed by atoms with Gasteiger partial charge in [0.05, 0.1) is 10.3 Å². The minimum absolute atomic E-state index is 0.105. The summed E-state index contributed by atoms with van der Waals surface area (Å²) in [5, 5.41) is 9.31. The van der Waals surface area contributed by atoms with Crippen molar-refractivity contribution >= 4 is 16.0 Å². The highest BCUT2D eigenvalue weighted by atomic mass is 32.2. The molecule has 20 heavy (non-hydrogen) atoms. The van der Waals surface area contributed by atoms with Gasteiger partial charge in [0.2, 0.25) is 10.0 Å². The highest BCUT2D eigenvalue weighted by Crippen LogP contribution is 2.26. The monoisotopic (exact) mass is 299 g/mol. The van der Waals surface area contributed by atoms with Crippen molar-refractivity contribution in [2.24, 2.45) is 5.41 Å². The molecule has 0 saturated carbocycles. The van der Waals surface area contributed by atoms with E-state index in [1.165, 1.54) is 6.07 Å². The summed E-state index contributed by atoms with van der Waals surface area (Å²) >= 11 is 0. The highest BCUT2D eigenvalue weighted by Gasteiger charge is 2.36. The van der Waals surface area contributed by atoms with Crippen molar-refractivity contribution in [2.45, 2.75) is 38.5 Å². The molecule has 1 aromatic rings. The Balaban J connectivity index is 2.99. The van der Waals surface area contributed by atoms with Crippen LogP contribution in [-0.4, -0.2) is 26.0 Å². The van der Waals surface area contributed by atoms with Gasteiger partial charge in [-0.3, -0.25) is 4.79 Å². The van der Waals surface area contributed by atoms with E-state index in [4.69, 9.17) is 0 Å². The standard InChI is InChI=1S/C14H21NO4S/c1-4-14(5-2,13(16)17)10-15-20(18,19)12-9-7-6-8-11(12)3/h6-9,15H,4-5,10H2,1-3H3,(H,16,17). The zero-order valence-corrected chi connectivity index (χ0v) is 12.8. The maximum Gasteiger partial charge on any atom is 0.310 e. The van der Waals surface area contributed by atoms with Gasteiger partial charge in [-0.25, -0.2) is 13.1 Å². The van der Waals surface area contributed by atoms with Crippen molar-refractivity contribution in [2.75, 3.05) is 6.54 Å². The summed E-state index contributed by atoms with van der Waals surface area (Å²) in [6, 6.07) is 6.62. The van der Waals surface area contributed by atoms with Crippen LogP contribution in [0, 0.1) is 12.3 Å². The summed E-state index contributed by atoms with van der Waals surface area (Å²) in [5.41, 5.74) is -0.427. The zero-order valence-electron chi connectivity index (χ0n) is 12.0. The van der Waals surface area contributed by atoms with E-state index in [1.807, 2.05) is 0 Å². The molecule has 1 aromatic carbocycles. The molecule has 0 atom stereocenters. The first kappa shape index (κ1) is 16.7. The van der Waals surface area contributed by atoms with Crippen LogP contribution in [0.2, 0.25) is 0 Å². The Kier molecular flexibility index (Phi) is 5.30. The van der Waals surface area contributed by atoms with E-state index in [2.05, 4.69) is 4.72 Å². The van der Waals surface area contributed by atoms with Gasteiger partial charge in [0.1, 0.15) is 0 Å². The number of hydrogen-bond donors (Lipinski definition) is 2. The number of nitrogens with one attached hydrogen (secondary N) is 1. The molecule has 0 heterocycles. The second-order valence-electron chi connectivity index (χ2n) is 4.88. The maximum absolute atomic E-state index is 12.3. The van der Waals surface area contributed by atoms with Gasteiger partial charge >= 0.3 is 5.97 Å². The van der Waals surface area contributed by atoms with Crippen molar-refractivity contribution in [1.29, 1.82) is 0 Å². The molecule has 0 radical (unpaired) electrons. The third-order valence-corrected chi connectivity index (χ3v) is 5.35. The lowest BCUT2D eigenvalue weighted by Gasteiger charge is -2.26. The van der Waals surface area contributed by atoms with E-state index in [-0.39, 0.29) is 11.4 Å². The van der Waals surface area contributed by atoms with Crippen LogP contribution in [0.3, 0.4) is 0 Å². The lowest BCUT2D eigenvalue weighted by molar-refractivity contribution is -0.149. The van der Waals surface area contributed by atoms with Crippen LogP contribution in [0.15, 0.2) is 29.2 Å². The molecule has 6 heteroatoms. The molecular weight excluding hydrogens is 278 g/mol. The maximum atomic E-state index is 12.3. The Morgan fingerprint density at radius 3 is 2.25 bits per heavy atom. The molecule has 0 amide bonds. The average molecular weight is 299 g/mol. The Hall–Kier alpha value is -1.40. The summed E-state index contributed by atoms with van der Waals surface area (Å²) in [6.45, 7) is 5.10. The van der Waals surface area contributed by atoms with E-state index >= 15 is 0 Å². The van der Waals surface area contributed by atoms with E-state index in [1.54, 1.807) is 39.0 Å². The van der Waals surface area contributed by atoms with Gasteiger partial charge < -0.3 is 5.11 Å². The molecule has 0 fully saturated rings. The lowest BCUT2D eigenvalue weighted by Crippen LogP contribution is -2.42. The van der Waals surface area contributed by atoms with Crippen molar-refractivity contribution < 1.29 is 18.3 Å². The lowest BCUT2D eigenvalue weighted by atomic mass is 9.83. The number of aliphatic carboxylic acids is 1. The summed E-state index contributed by atoms with van der Waals surface area (Å²) in [7, 11) is -3.69. The summed E-state index contributed by atoms with van der Waals surface area (Å²) in [6.07, 6.45) is 0.740. The van der Waals surface area contributed by atoms with Gasteiger partial charge in [0.25, 0.3) is 0 Å². The Labute approximate surface area is 120 Å². The first-order valence-electron chi connectivity index (χ1n) is 6.58. The van der Waals surface area contributed by atoms with Crippen LogP contribution in [0.1, 0.15) is 32.3 Å². The molecule has 0 saturated heterocycles. The van der Waals surface area contributed by atoms with Crippen molar-refractivity contribution in [3.05, 3.63) is 29.8 Å². The molecule has 0 spiro atoms. The van der Waals surface area contributed by atoms with Crippen LogP contribution in [0.25, 0.3) is 0 Å². The fraction of sp³-hybridized carbons (Fsp3) is 0.500. The Morgan fingerprint density at radius 2 is 1.80 bits per heavy atom. The molecule has 0 aliphatic heterocycles. The second-order valence-corrected chi connectivity index (χ2v) is 6.62. The number of aryl methyl sites for hydroxylation is 1. The van der Waals surface area contributed by atoms with E-state index in [0.29, 0.717) is 18.4 Å². The predicted octanol–water partition coefficient (Wildman–Crippen LogP) is 2.16. The minimum Gasteiger partial charge on any atom is -0.481 e. The number of carboxylic acid groups (broad SMARTS) is 1. The Morgan fingerprint density at radius 1 is 1.25 bits per heavy atom. The normalized spacial score (nSPS) is 12.3. The molecule has 0 unspecified atom stereocenters. The van der Waals surface area contributed by atoms with Gasteiger partial charge in [-0.1, -0.05) is 32.0 Å². The number of hydrogen-bond acceptors (Lipinski definition) is 3. The molecule has 112 valence electrons. The molecule has 0 aromatic heterocycles. The average Bonchev–Trinajstić information content (AvgIpc) is 2.40. The topological polar surface area (TPSA) is 83.5 Å². The molecule has 2 N–H and O–H groups in total. The molecule has 0 aliphatic carbocycles. The first-order chi connectivity index (χ1) is 9.29. The Bertz CT molecular complexity index is 577. The predicted molar refractivity (Wildman–Crippen MR) is 77.0 cm³/mol. The van der Waals surface area contributed by atoms with Crippen molar-refractivity contribution in [1.82, 2.24) is 4.72 Å². The molecule has 0 aliphatic rings. The molecule has 0 bridgehead atoms. The van der Waals surface area contributed by atoms with Crippen molar-refractivity contribution in [3.63, 3.8) is 0 Å². The zero-order chi connectivity index (χ0) is 15.4. The van der Waals surface area contributed by atoms with Crippen LogP contribution in [0.4, 0.5) is 0 Å². The van der Waals surface area contributed by atoms with Gasteiger partial charge in [0.15, 0.2) is 0 Å². The molecular formula is C14H21NO4S. The van der Waals surface area contributed by atoms with Crippen LogP contribution < -0.4 is 4.72 Å². The van der Waals surface area contributed by atoms with Gasteiger partial charge in [-0.15, -0.1) is 0 Å². The van der Waals surface area contributed by atoms with Gasteiger partial charge in [-0.05, 0) is 31.4 Å². The van der Waals surface area contributed by atoms with Crippen LogP contribution in [0.5, 0.6) is 0 Å². The quantitative estimate of drug-likeness (QED) is 0.808. The fourth-order valence-electron chi connectivity index (χ4n) is 2.05. The molecule has 1 rings (SSSR count). The van der Waals surface area contributed by atoms with E-state index < -0.39 is 21.4 Å². The van der Waals surface area contributed by atoms with Gasteiger partial charge in [0, 0.05) is 6.54 Å². The second kappa shape index (κ2) is 6.37. The number of rotatable bonds is 7. The third-order valence-electron chi connectivity index (χ3n) is 3.79. The first-order valence-corrected chi connectivity index (χ1v) is 8.06. The fourth-order valence-corrected chi connectivity index (χ4v) is 3.42. The number of carboxylic acids is 1. The SMILES string of the molecule is CCC(CC)(CNS(=O)(=O)c1ccccc1C)C(=O)O. The summed E-state index contributed by atoms with van der Waals surface area (Å²) in [4.78, 5) is 11.6. The number of sulfonamides is 1. The highest BCUT2D eigenvalue weighted by molar-refractivity contribution is 7.89. The van der Waals surface area contributed by atoms with Crippen LogP contribution in [-0.2, 0) is 14.8 Å². The number of benzene rings is 1. The largest absolute Gasteiger partial charge is 0.481 e. The van der Waals surface area contributed by atoms with Crippen molar-refractivity contribution in [3.8, 4) is 0 Å². The smallest absolute Gasteiger partial charge is 0.310 e. The van der Waals surface area contributed by atoms with E-state index in [9.17, 15) is 18.3 Å². The van der Waals surface area contributed by atoms with E-state index in [0.717, 1.165) is 0 Å².